The van der Waals surface area contributed by atoms with E-state index in [9.17, 15) is 13.2 Å². The Labute approximate surface area is 227 Å². The van der Waals surface area contributed by atoms with Crippen molar-refractivity contribution in [2.75, 3.05) is 18.0 Å². The summed E-state index contributed by atoms with van der Waals surface area (Å²) in [5.74, 6) is -0.233. The van der Waals surface area contributed by atoms with Crippen molar-refractivity contribution in [1.29, 1.82) is 0 Å². The third kappa shape index (κ3) is 5.37. The SMILES string of the molecule is CCc1cccc2sc(N(Cc3ccccc3)C(=O)c3ccc(S(=O)(=O)N4CC(C)OC(C)C4)cc3)nc12. The maximum Gasteiger partial charge on any atom is 0.260 e. The molecule has 1 fully saturated rings. The van der Waals surface area contributed by atoms with Crippen LogP contribution in [0.5, 0.6) is 0 Å². The van der Waals surface area contributed by atoms with Gasteiger partial charge in [0.05, 0.1) is 33.9 Å². The van der Waals surface area contributed by atoms with Gasteiger partial charge in [0.1, 0.15) is 0 Å². The lowest BCUT2D eigenvalue weighted by Crippen LogP contribution is -2.48. The van der Waals surface area contributed by atoms with E-state index in [4.69, 9.17) is 9.72 Å². The summed E-state index contributed by atoms with van der Waals surface area (Å²) in [4.78, 5) is 20.6. The quantitative estimate of drug-likeness (QED) is 0.304. The number of benzene rings is 3. The summed E-state index contributed by atoms with van der Waals surface area (Å²) < 4.78 is 34.7. The second-order valence-corrected chi connectivity index (χ2v) is 12.5. The molecule has 0 spiro atoms. The normalized spacial score (nSPS) is 18.5. The lowest BCUT2D eigenvalue weighted by molar-refractivity contribution is -0.0440. The van der Waals surface area contributed by atoms with E-state index >= 15 is 0 Å². The number of morpholine rings is 1. The summed E-state index contributed by atoms with van der Waals surface area (Å²) >= 11 is 1.48. The number of hydrogen-bond donors (Lipinski definition) is 0. The Bertz CT molecular complexity index is 1530. The number of anilines is 1. The molecule has 2 atom stereocenters. The van der Waals surface area contributed by atoms with Gasteiger partial charge in [-0.05, 0) is 61.7 Å². The number of ether oxygens (including phenoxy) is 1. The molecule has 38 heavy (non-hydrogen) atoms. The zero-order chi connectivity index (χ0) is 26.9. The Hall–Kier alpha value is -3.11. The zero-order valence-corrected chi connectivity index (χ0v) is 23.3. The number of thiazole rings is 1. The fraction of sp³-hybridized carbons (Fsp3) is 0.310. The number of sulfonamides is 1. The van der Waals surface area contributed by atoms with Gasteiger partial charge in [-0.2, -0.15) is 4.31 Å². The molecule has 0 aliphatic carbocycles. The van der Waals surface area contributed by atoms with Gasteiger partial charge in [0.25, 0.3) is 5.91 Å². The number of nitrogens with zero attached hydrogens (tertiary/aromatic N) is 3. The summed E-state index contributed by atoms with van der Waals surface area (Å²) in [6.07, 6.45) is 0.495. The molecule has 7 nitrogen and oxygen atoms in total. The van der Waals surface area contributed by atoms with E-state index in [1.165, 1.54) is 27.8 Å². The highest BCUT2D eigenvalue weighted by molar-refractivity contribution is 7.89. The molecule has 198 valence electrons. The Morgan fingerprint density at radius 3 is 2.34 bits per heavy atom. The molecule has 4 aromatic rings. The maximum atomic E-state index is 13.8. The zero-order valence-electron chi connectivity index (χ0n) is 21.7. The van der Waals surface area contributed by atoms with E-state index in [1.54, 1.807) is 17.0 Å². The monoisotopic (exact) mass is 549 g/mol. The summed E-state index contributed by atoms with van der Waals surface area (Å²) in [5, 5.41) is 0.614. The van der Waals surface area contributed by atoms with Crippen LogP contribution in [0, 0.1) is 0 Å². The van der Waals surface area contributed by atoms with Crippen LogP contribution in [-0.4, -0.2) is 48.9 Å². The van der Waals surface area contributed by atoms with Crippen LogP contribution in [-0.2, 0) is 27.7 Å². The van der Waals surface area contributed by atoms with Crippen molar-refractivity contribution >= 4 is 42.6 Å². The molecule has 1 amide bonds. The lowest BCUT2D eigenvalue weighted by Gasteiger charge is -2.34. The van der Waals surface area contributed by atoms with Gasteiger partial charge in [0.2, 0.25) is 10.0 Å². The Morgan fingerprint density at radius 1 is 1.00 bits per heavy atom. The summed E-state index contributed by atoms with van der Waals surface area (Å²) in [6.45, 7) is 6.78. The van der Waals surface area contributed by atoms with Gasteiger partial charge in [0, 0.05) is 18.7 Å². The number of hydrogen-bond acceptors (Lipinski definition) is 6. The minimum absolute atomic E-state index is 0.164. The number of carbonyl (C=O) groups excluding carboxylic acids is 1. The molecule has 1 saturated heterocycles. The smallest absolute Gasteiger partial charge is 0.260 e. The molecule has 1 aromatic heterocycles. The highest BCUT2D eigenvalue weighted by atomic mass is 32.2. The molecule has 0 N–H and O–H groups in total. The molecule has 5 rings (SSSR count). The van der Waals surface area contributed by atoms with Gasteiger partial charge in [0.15, 0.2) is 5.13 Å². The molecule has 9 heteroatoms. The fourth-order valence-corrected chi connectivity index (χ4v) is 7.39. The number of aryl methyl sites for hydroxylation is 1. The van der Waals surface area contributed by atoms with E-state index < -0.39 is 10.0 Å². The van der Waals surface area contributed by atoms with E-state index in [-0.39, 0.29) is 23.0 Å². The first-order valence-corrected chi connectivity index (χ1v) is 15.0. The van der Waals surface area contributed by atoms with Crippen molar-refractivity contribution in [1.82, 2.24) is 9.29 Å². The molecule has 3 aromatic carbocycles. The van der Waals surface area contributed by atoms with Crippen LogP contribution in [0.25, 0.3) is 10.2 Å². The largest absolute Gasteiger partial charge is 0.373 e. The summed E-state index contributed by atoms with van der Waals surface area (Å²) in [6, 6.07) is 22.1. The van der Waals surface area contributed by atoms with Gasteiger partial charge in [-0.1, -0.05) is 60.7 Å². The Balaban J connectivity index is 1.47. The number of amides is 1. The Morgan fingerprint density at radius 2 is 1.68 bits per heavy atom. The molecule has 2 unspecified atom stereocenters. The van der Waals surface area contributed by atoms with Gasteiger partial charge in [-0.15, -0.1) is 0 Å². The van der Waals surface area contributed by atoms with Crippen LogP contribution in [0.1, 0.15) is 42.3 Å². The van der Waals surface area contributed by atoms with Crippen molar-refractivity contribution < 1.29 is 17.9 Å². The van der Waals surface area contributed by atoms with Crippen LogP contribution in [0.4, 0.5) is 5.13 Å². The molecular weight excluding hydrogens is 518 g/mol. The topological polar surface area (TPSA) is 79.8 Å². The second-order valence-electron chi connectivity index (χ2n) is 9.59. The highest BCUT2D eigenvalue weighted by Gasteiger charge is 2.32. The van der Waals surface area contributed by atoms with Crippen molar-refractivity contribution in [2.45, 2.75) is 50.8 Å². The van der Waals surface area contributed by atoms with Gasteiger partial charge in [-0.3, -0.25) is 9.69 Å². The molecule has 0 radical (unpaired) electrons. The average Bonchev–Trinajstić information content (AvgIpc) is 3.36. The minimum atomic E-state index is -3.70. The Kier molecular flexibility index (Phi) is 7.63. The first-order chi connectivity index (χ1) is 18.3. The van der Waals surface area contributed by atoms with Crippen LogP contribution < -0.4 is 4.90 Å². The predicted molar refractivity (Wildman–Crippen MR) is 151 cm³/mol. The van der Waals surface area contributed by atoms with Crippen molar-refractivity contribution in [3.05, 3.63) is 89.5 Å². The highest BCUT2D eigenvalue weighted by Crippen LogP contribution is 2.33. The maximum absolute atomic E-state index is 13.8. The molecule has 1 aliphatic rings. The summed E-state index contributed by atoms with van der Waals surface area (Å²) in [5.41, 5.74) is 3.43. The number of para-hydroxylation sites is 1. The second kappa shape index (κ2) is 10.9. The van der Waals surface area contributed by atoms with Crippen molar-refractivity contribution in [3.63, 3.8) is 0 Å². The van der Waals surface area contributed by atoms with E-state index in [1.807, 2.05) is 56.3 Å². The number of rotatable bonds is 7. The van der Waals surface area contributed by atoms with Gasteiger partial charge >= 0.3 is 0 Å². The molecular formula is C29H31N3O4S2. The molecule has 1 aliphatic heterocycles. The molecule has 0 bridgehead atoms. The van der Waals surface area contributed by atoms with E-state index in [0.29, 0.717) is 30.3 Å². The predicted octanol–water partition coefficient (Wildman–Crippen LogP) is 5.50. The number of carbonyl (C=O) groups is 1. The number of aromatic nitrogens is 1. The summed E-state index contributed by atoms with van der Waals surface area (Å²) in [7, 11) is -3.70. The standard InChI is InChI=1S/C29H31N3O4S2/c1-4-23-11-8-12-26-27(23)30-29(37-26)32(19-22-9-6-5-7-10-22)28(33)24-13-15-25(16-14-24)38(34,35)31-17-20(2)36-21(3)18-31/h5-16,20-21H,4,17-19H2,1-3H3. The third-order valence-electron chi connectivity index (χ3n) is 6.66. The third-order valence-corrected chi connectivity index (χ3v) is 9.55. The van der Waals surface area contributed by atoms with Crippen molar-refractivity contribution in [2.24, 2.45) is 0 Å². The molecule has 0 saturated carbocycles. The fourth-order valence-electron chi connectivity index (χ4n) is 4.79. The van der Waals surface area contributed by atoms with Crippen LogP contribution in [0.2, 0.25) is 0 Å². The minimum Gasteiger partial charge on any atom is -0.373 e. The average molecular weight is 550 g/mol. The van der Waals surface area contributed by atoms with Crippen LogP contribution >= 0.6 is 11.3 Å². The first kappa shape index (κ1) is 26.5. The first-order valence-electron chi connectivity index (χ1n) is 12.8. The van der Waals surface area contributed by atoms with E-state index in [2.05, 4.69) is 13.0 Å². The van der Waals surface area contributed by atoms with Gasteiger partial charge in [-0.25, -0.2) is 13.4 Å². The van der Waals surface area contributed by atoms with Crippen LogP contribution in [0.15, 0.2) is 77.7 Å². The van der Waals surface area contributed by atoms with E-state index in [0.717, 1.165) is 27.8 Å². The van der Waals surface area contributed by atoms with Crippen LogP contribution in [0.3, 0.4) is 0 Å². The van der Waals surface area contributed by atoms with Gasteiger partial charge < -0.3 is 4.74 Å². The lowest BCUT2D eigenvalue weighted by atomic mass is 10.1. The molecule has 2 heterocycles. The number of fused-ring (bicyclic) bond motifs is 1. The van der Waals surface area contributed by atoms with Crippen molar-refractivity contribution in [3.8, 4) is 0 Å².